The van der Waals surface area contributed by atoms with Crippen molar-refractivity contribution in [1.29, 1.82) is 0 Å². The Morgan fingerprint density at radius 2 is 1.56 bits per heavy atom. The zero-order valence-electron chi connectivity index (χ0n) is 18.4. The number of hydrogen-bond acceptors (Lipinski definition) is 3. The van der Waals surface area contributed by atoms with Crippen molar-refractivity contribution < 1.29 is 14.3 Å². The van der Waals surface area contributed by atoms with Gasteiger partial charge < -0.3 is 15.4 Å². The molecule has 0 atom stereocenters. The van der Waals surface area contributed by atoms with Gasteiger partial charge in [0.05, 0.1) is 5.54 Å². The van der Waals surface area contributed by atoms with Crippen LogP contribution in [0.15, 0.2) is 91.5 Å². The molecule has 3 aromatic rings. The molecule has 0 spiro atoms. The first-order valence-electron chi connectivity index (χ1n) is 10.5. The molecular formula is C27H28N2O3. The van der Waals surface area contributed by atoms with E-state index >= 15 is 0 Å². The normalized spacial score (nSPS) is 10.8. The van der Waals surface area contributed by atoms with Gasteiger partial charge in [-0.15, -0.1) is 0 Å². The van der Waals surface area contributed by atoms with Gasteiger partial charge in [0.1, 0.15) is 12.4 Å². The lowest BCUT2D eigenvalue weighted by Gasteiger charge is -2.27. The molecule has 0 aliphatic carbocycles. The predicted octanol–water partition coefficient (Wildman–Crippen LogP) is 4.73. The third-order valence-corrected chi connectivity index (χ3v) is 5.12. The SMILES string of the molecule is C=CC(=O)NCc1ccc(C(=O)NC(C)(C)c2ccc(OCc3ccccc3)cc2)cc1. The van der Waals surface area contributed by atoms with Crippen LogP contribution in [-0.4, -0.2) is 11.8 Å². The zero-order valence-corrected chi connectivity index (χ0v) is 18.4. The Labute approximate surface area is 189 Å². The summed E-state index contributed by atoms with van der Waals surface area (Å²) in [4.78, 5) is 24.0. The minimum Gasteiger partial charge on any atom is -0.489 e. The van der Waals surface area contributed by atoms with Gasteiger partial charge in [0.25, 0.3) is 5.91 Å². The van der Waals surface area contributed by atoms with E-state index in [1.54, 1.807) is 12.1 Å². The van der Waals surface area contributed by atoms with Crippen LogP contribution >= 0.6 is 0 Å². The highest BCUT2D eigenvalue weighted by Gasteiger charge is 2.23. The third kappa shape index (κ3) is 6.32. The minimum atomic E-state index is -0.564. The molecule has 5 heteroatoms. The van der Waals surface area contributed by atoms with E-state index in [9.17, 15) is 9.59 Å². The molecule has 0 heterocycles. The number of benzene rings is 3. The average molecular weight is 429 g/mol. The topological polar surface area (TPSA) is 67.4 Å². The van der Waals surface area contributed by atoms with Crippen LogP contribution in [-0.2, 0) is 23.5 Å². The number of amides is 2. The molecule has 0 aliphatic heterocycles. The number of rotatable bonds is 9. The summed E-state index contributed by atoms with van der Waals surface area (Å²) in [5.41, 5.74) is 2.98. The maximum Gasteiger partial charge on any atom is 0.251 e. The van der Waals surface area contributed by atoms with Crippen molar-refractivity contribution in [3.8, 4) is 5.75 Å². The maximum atomic E-state index is 12.8. The maximum absolute atomic E-state index is 12.8. The van der Waals surface area contributed by atoms with Crippen LogP contribution in [0.25, 0.3) is 0 Å². The average Bonchev–Trinajstić information content (AvgIpc) is 2.82. The Bertz CT molecular complexity index is 1060. The van der Waals surface area contributed by atoms with Crippen LogP contribution in [0, 0.1) is 0 Å². The lowest BCUT2D eigenvalue weighted by molar-refractivity contribution is -0.116. The molecule has 3 aromatic carbocycles. The van der Waals surface area contributed by atoms with Crippen molar-refractivity contribution in [2.45, 2.75) is 32.5 Å². The first-order valence-corrected chi connectivity index (χ1v) is 10.5. The van der Waals surface area contributed by atoms with Gasteiger partial charge in [-0.2, -0.15) is 0 Å². The van der Waals surface area contributed by atoms with Gasteiger partial charge in [-0.3, -0.25) is 9.59 Å². The lowest BCUT2D eigenvalue weighted by Crippen LogP contribution is -2.40. The fraction of sp³-hybridized carbons (Fsp3) is 0.185. The van der Waals surface area contributed by atoms with E-state index in [-0.39, 0.29) is 11.8 Å². The summed E-state index contributed by atoms with van der Waals surface area (Å²) >= 11 is 0. The highest BCUT2D eigenvalue weighted by atomic mass is 16.5. The second-order valence-corrected chi connectivity index (χ2v) is 8.00. The number of carbonyl (C=O) groups is 2. The fourth-order valence-corrected chi connectivity index (χ4v) is 3.17. The van der Waals surface area contributed by atoms with E-state index in [0.717, 1.165) is 22.4 Å². The molecule has 0 aromatic heterocycles. The van der Waals surface area contributed by atoms with Gasteiger partial charge in [0.2, 0.25) is 5.91 Å². The zero-order chi connectivity index (χ0) is 23.0. The van der Waals surface area contributed by atoms with Crippen LogP contribution in [0.4, 0.5) is 0 Å². The van der Waals surface area contributed by atoms with E-state index in [0.29, 0.717) is 18.7 Å². The summed E-state index contributed by atoms with van der Waals surface area (Å²) in [5.74, 6) is 0.380. The summed E-state index contributed by atoms with van der Waals surface area (Å²) in [5, 5.41) is 5.79. The van der Waals surface area contributed by atoms with Crippen molar-refractivity contribution in [2.75, 3.05) is 0 Å². The van der Waals surface area contributed by atoms with Crippen LogP contribution in [0.2, 0.25) is 0 Å². The van der Waals surface area contributed by atoms with E-state index in [4.69, 9.17) is 4.74 Å². The summed E-state index contributed by atoms with van der Waals surface area (Å²) in [6, 6.07) is 24.9. The molecule has 2 amide bonds. The quantitative estimate of drug-likeness (QED) is 0.484. The lowest BCUT2D eigenvalue weighted by atomic mass is 9.93. The van der Waals surface area contributed by atoms with Crippen LogP contribution < -0.4 is 15.4 Å². The standard InChI is InChI=1S/C27H28N2O3/c1-4-25(30)28-18-20-10-12-22(13-11-20)26(31)29-27(2,3)23-14-16-24(17-15-23)32-19-21-8-6-5-7-9-21/h4-17H,1,18-19H2,2-3H3,(H,28,30)(H,29,31). The molecule has 0 aliphatic rings. The second kappa shape index (κ2) is 10.4. The molecule has 0 radical (unpaired) electrons. The van der Waals surface area contributed by atoms with Gasteiger partial charge in [-0.05, 0) is 60.9 Å². The molecule has 3 rings (SSSR count). The van der Waals surface area contributed by atoms with Crippen molar-refractivity contribution in [1.82, 2.24) is 10.6 Å². The number of nitrogens with one attached hydrogen (secondary N) is 2. The highest BCUT2D eigenvalue weighted by Crippen LogP contribution is 2.24. The summed E-state index contributed by atoms with van der Waals surface area (Å²) in [6.45, 7) is 8.24. The Hall–Kier alpha value is -3.86. The molecule has 5 nitrogen and oxygen atoms in total. The number of ether oxygens (including phenoxy) is 1. The van der Waals surface area contributed by atoms with Gasteiger partial charge in [0, 0.05) is 12.1 Å². The van der Waals surface area contributed by atoms with E-state index in [2.05, 4.69) is 17.2 Å². The molecule has 0 saturated carbocycles. The molecule has 164 valence electrons. The Morgan fingerprint density at radius 1 is 0.906 bits per heavy atom. The minimum absolute atomic E-state index is 0.166. The Kier molecular flexibility index (Phi) is 7.45. The van der Waals surface area contributed by atoms with Gasteiger partial charge >= 0.3 is 0 Å². The van der Waals surface area contributed by atoms with E-state index in [1.165, 1.54) is 6.08 Å². The van der Waals surface area contributed by atoms with Crippen LogP contribution in [0.3, 0.4) is 0 Å². The molecule has 32 heavy (non-hydrogen) atoms. The number of carbonyl (C=O) groups excluding carboxylic acids is 2. The van der Waals surface area contributed by atoms with Gasteiger partial charge in [0.15, 0.2) is 0 Å². The molecule has 0 saturated heterocycles. The number of hydrogen-bond donors (Lipinski definition) is 2. The molecule has 2 N–H and O–H groups in total. The summed E-state index contributed by atoms with van der Waals surface area (Å²) in [7, 11) is 0. The summed E-state index contributed by atoms with van der Waals surface area (Å²) < 4.78 is 5.84. The second-order valence-electron chi connectivity index (χ2n) is 8.00. The predicted molar refractivity (Wildman–Crippen MR) is 126 cm³/mol. The van der Waals surface area contributed by atoms with Crippen molar-refractivity contribution in [2.24, 2.45) is 0 Å². The molecule has 0 unspecified atom stereocenters. The van der Waals surface area contributed by atoms with Crippen LogP contribution in [0.1, 0.15) is 40.9 Å². The van der Waals surface area contributed by atoms with Crippen molar-refractivity contribution in [3.63, 3.8) is 0 Å². The Balaban J connectivity index is 1.58. The monoisotopic (exact) mass is 428 g/mol. The van der Waals surface area contributed by atoms with Crippen molar-refractivity contribution in [3.05, 3.63) is 114 Å². The van der Waals surface area contributed by atoms with E-state index < -0.39 is 5.54 Å². The van der Waals surface area contributed by atoms with Gasteiger partial charge in [-0.1, -0.05) is 61.2 Å². The van der Waals surface area contributed by atoms with Gasteiger partial charge in [-0.25, -0.2) is 0 Å². The van der Waals surface area contributed by atoms with E-state index in [1.807, 2.05) is 80.6 Å². The Morgan fingerprint density at radius 3 is 2.19 bits per heavy atom. The van der Waals surface area contributed by atoms with Crippen LogP contribution in [0.5, 0.6) is 5.75 Å². The fourth-order valence-electron chi connectivity index (χ4n) is 3.17. The molecular weight excluding hydrogens is 400 g/mol. The highest BCUT2D eigenvalue weighted by molar-refractivity contribution is 5.94. The largest absolute Gasteiger partial charge is 0.489 e. The van der Waals surface area contributed by atoms with Crippen molar-refractivity contribution >= 4 is 11.8 Å². The first kappa shape index (κ1) is 22.8. The summed E-state index contributed by atoms with van der Waals surface area (Å²) in [6.07, 6.45) is 1.23. The third-order valence-electron chi connectivity index (χ3n) is 5.12. The molecule has 0 fully saturated rings. The first-order chi connectivity index (χ1) is 15.4. The molecule has 0 bridgehead atoms. The smallest absolute Gasteiger partial charge is 0.251 e.